The van der Waals surface area contributed by atoms with Gasteiger partial charge >= 0.3 is 0 Å². The van der Waals surface area contributed by atoms with E-state index in [0.29, 0.717) is 19.3 Å². The summed E-state index contributed by atoms with van der Waals surface area (Å²) in [5.74, 6) is 1.78. The molecule has 20 heavy (non-hydrogen) atoms. The zero-order valence-electron chi connectivity index (χ0n) is 12.5. The third-order valence-electron chi connectivity index (χ3n) is 3.26. The Bertz CT molecular complexity index is 405. The van der Waals surface area contributed by atoms with Crippen LogP contribution in [0.15, 0.2) is 18.2 Å². The van der Waals surface area contributed by atoms with Gasteiger partial charge in [0.25, 0.3) is 0 Å². The smallest absolute Gasteiger partial charge is 0.124 e. The molecule has 1 fully saturated rings. The summed E-state index contributed by atoms with van der Waals surface area (Å²) in [5, 5.41) is 3.51. The van der Waals surface area contributed by atoms with Crippen molar-refractivity contribution in [2.24, 2.45) is 0 Å². The first-order chi connectivity index (χ1) is 9.83. The van der Waals surface area contributed by atoms with E-state index in [1.165, 1.54) is 12.8 Å². The Labute approximate surface area is 121 Å². The van der Waals surface area contributed by atoms with E-state index >= 15 is 0 Å². The molecule has 0 radical (unpaired) electrons. The van der Waals surface area contributed by atoms with Gasteiger partial charge in [-0.05, 0) is 37.5 Å². The van der Waals surface area contributed by atoms with Crippen molar-refractivity contribution in [3.8, 4) is 11.5 Å². The van der Waals surface area contributed by atoms with E-state index in [1.807, 2.05) is 18.2 Å². The summed E-state index contributed by atoms with van der Waals surface area (Å²) in [7, 11) is 1.69. The van der Waals surface area contributed by atoms with Crippen molar-refractivity contribution in [1.29, 1.82) is 0 Å². The molecule has 1 aliphatic carbocycles. The quantitative estimate of drug-likeness (QED) is 0.669. The zero-order chi connectivity index (χ0) is 14.2. The number of nitrogens with one attached hydrogen (secondary N) is 1. The van der Waals surface area contributed by atoms with Crippen LogP contribution in [0.3, 0.4) is 0 Å². The molecule has 1 aromatic rings. The van der Waals surface area contributed by atoms with Gasteiger partial charge in [-0.15, -0.1) is 0 Å². The fourth-order valence-electron chi connectivity index (χ4n) is 1.96. The number of benzene rings is 1. The molecule has 0 amide bonds. The van der Waals surface area contributed by atoms with Crippen molar-refractivity contribution in [3.63, 3.8) is 0 Å². The molecule has 112 valence electrons. The van der Waals surface area contributed by atoms with Gasteiger partial charge in [-0.2, -0.15) is 0 Å². The lowest BCUT2D eigenvalue weighted by molar-refractivity contribution is 0.100. The van der Waals surface area contributed by atoms with E-state index in [1.54, 1.807) is 7.11 Å². The van der Waals surface area contributed by atoms with Gasteiger partial charge < -0.3 is 19.5 Å². The van der Waals surface area contributed by atoms with Crippen LogP contribution in [0.2, 0.25) is 0 Å². The van der Waals surface area contributed by atoms with Crippen LogP contribution >= 0.6 is 0 Å². The van der Waals surface area contributed by atoms with Crippen LogP contribution in [0.1, 0.15) is 31.7 Å². The minimum Gasteiger partial charge on any atom is -0.497 e. The van der Waals surface area contributed by atoms with Crippen molar-refractivity contribution in [3.05, 3.63) is 23.8 Å². The molecular formula is C16H25NO3. The molecule has 0 heterocycles. The fourth-order valence-corrected chi connectivity index (χ4v) is 1.96. The van der Waals surface area contributed by atoms with Crippen molar-refractivity contribution in [1.82, 2.24) is 5.32 Å². The maximum atomic E-state index is 5.82. The lowest BCUT2D eigenvalue weighted by atomic mass is 10.2. The summed E-state index contributed by atoms with van der Waals surface area (Å²) in [6.07, 6.45) is 3.61. The van der Waals surface area contributed by atoms with Gasteiger partial charge in [-0.3, -0.25) is 0 Å². The first-order valence-corrected chi connectivity index (χ1v) is 7.44. The number of hydrogen-bond acceptors (Lipinski definition) is 4. The fraction of sp³-hybridized carbons (Fsp3) is 0.625. The Kier molecular flexibility index (Phi) is 6.15. The van der Waals surface area contributed by atoms with Crippen LogP contribution in [0, 0.1) is 0 Å². The third-order valence-corrected chi connectivity index (χ3v) is 3.26. The Balaban J connectivity index is 1.87. The lowest BCUT2D eigenvalue weighted by Crippen LogP contribution is -2.17. The average Bonchev–Trinajstić information content (AvgIpc) is 3.30. The maximum absolute atomic E-state index is 5.82. The number of rotatable bonds is 10. The molecule has 0 spiro atoms. The molecule has 0 saturated heterocycles. The summed E-state index contributed by atoms with van der Waals surface area (Å²) in [6, 6.07) is 6.63. The van der Waals surface area contributed by atoms with Gasteiger partial charge in [0, 0.05) is 24.8 Å². The normalized spacial score (nSPS) is 14.3. The second-order valence-corrected chi connectivity index (χ2v) is 5.09. The maximum Gasteiger partial charge on any atom is 0.124 e. The summed E-state index contributed by atoms with van der Waals surface area (Å²) < 4.78 is 16.5. The van der Waals surface area contributed by atoms with Crippen LogP contribution in [0.5, 0.6) is 11.5 Å². The lowest BCUT2D eigenvalue weighted by Gasteiger charge is -2.13. The molecule has 4 nitrogen and oxygen atoms in total. The van der Waals surface area contributed by atoms with E-state index in [9.17, 15) is 0 Å². The largest absolute Gasteiger partial charge is 0.497 e. The average molecular weight is 279 g/mol. The SMILES string of the molecule is CCCOCCOc1ccc(OC)cc1CNC1CC1. The first kappa shape index (κ1) is 15.1. The first-order valence-electron chi connectivity index (χ1n) is 7.44. The third kappa shape index (κ3) is 5.02. The summed E-state index contributed by atoms with van der Waals surface area (Å²) in [4.78, 5) is 0. The zero-order valence-corrected chi connectivity index (χ0v) is 12.5. The van der Waals surface area contributed by atoms with Crippen molar-refractivity contribution < 1.29 is 14.2 Å². The predicted molar refractivity (Wildman–Crippen MR) is 79.5 cm³/mol. The van der Waals surface area contributed by atoms with Crippen LogP contribution in [-0.4, -0.2) is 33.0 Å². The van der Waals surface area contributed by atoms with E-state index in [4.69, 9.17) is 14.2 Å². The number of methoxy groups -OCH3 is 1. The Hall–Kier alpha value is -1.26. The number of ether oxygens (including phenoxy) is 3. The van der Waals surface area contributed by atoms with E-state index in [0.717, 1.165) is 36.6 Å². The molecule has 1 N–H and O–H groups in total. The minimum atomic E-state index is 0.586. The summed E-state index contributed by atoms with van der Waals surface area (Å²) in [5.41, 5.74) is 1.15. The van der Waals surface area contributed by atoms with Crippen molar-refractivity contribution in [2.75, 3.05) is 26.9 Å². The second kappa shape index (κ2) is 8.12. The topological polar surface area (TPSA) is 39.7 Å². The van der Waals surface area contributed by atoms with E-state index in [-0.39, 0.29) is 0 Å². The van der Waals surface area contributed by atoms with Gasteiger partial charge in [0.1, 0.15) is 18.1 Å². The minimum absolute atomic E-state index is 0.586. The molecule has 1 aromatic carbocycles. The monoisotopic (exact) mass is 279 g/mol. The Morgan fingerprint density at radius 3 is 2.75 bits per heavy atom. The van der Waals surface area contributed by atoms with Crippen LogP contribution in [0.25, 0.3) is 0 Å². The molecule has 0 bridgehead atoms. The summed E-state index contributed by atoms with van der Waals surface area (Å²) >= 11 is 0. The standard InChI is InChI=1S/C16H25NO3/c1-3-8-19-9-10-20-16-7-6-15(18-2)11-13(16)12-17-14-4-5-14/h6-7,11,14,17H,3-5,8-10,12H2,1-2H3. The van der Waals surface area contributed by atoms with Crippen LogP contribution < -0.4 is 14.8 Å². The van der Waals surface area contributed by atoms with Crippen molar-refractivity contribution >= 4 is 0 Å². The molecule has 0 aromatic heterocycles. The van der Waals surface area contributed by atoms with Crippen LogP contribution in [0.4, 0.5) is 0 Å². The molecule has 0 atom stereocenters. The number of hydrogen-bond donors (Lipinski definition) is 1. The molecule has 0 aliphatic heterocycles. The van der Waals surface area contributed by atoms with E-state index < -0.39 is 0 Å². The Morgan fingerprint density at radius 2 is 2.05 bits per heavy atom. The highest BCUT2D eigenvalue weighted by Gasteiger charge is 2.20. The molecule has 4 heteroatoms. The highest BCUT2D eigenvalue weighted by atomic mass is 16.5. The van der Waals surface area contributed by atoms with Gasteiger partial charge in [-0.25, -0.2) is 0 Å². The molecule has 0 unspecified atom stereocenters. The summed E-state index contributed by atoms with van der Waals surface area (Å²) in [6.45, 7) is 4.94. The van der Waals surface area contributed by atoms with Gasteiger partial charge in [0.15, 0.2) is 0 Å². The van der Waals surface area contributed by atoms with Gasteiger partial charge in [0.05, 0.1) is 13.7 Å². The van der Waals surface area contributed by atoms with Gasteiger partial charge in [0.2, 0.25) is 0 Å². The molecular weight excluding hydrogens is 254 g/mol. The Morgan fingerprint density at radius 1 is 1.20 bits per heavy atom. The molecule has 1 aliphatic rings. The van der Waals surface area contributed by atoms with E-state index in [2.05, 4.69) is 12.2 Å². The highest BCUT2D eigenvalue weighted by Crippen LogP contribution is 2.26. The molecule has 2 rings (SSSR count). The second-order valence-electron chi connectivity index (χ2n) is 5.09. The van der Waals surface area contributed by atoms with Crippen molar-refractivity contribution in [2.45, 2.75) is 38.8 Å². The molecule has 1 saturated carbocycles. The highest BCUT2D eigenvalue weighted by molar-refractivity contribution is 5.40. The van der Waals surface area contributed by atoms with Gasteiger partial charge in [-0.1, -0.05) is 6.92 Å². The van der Waals surface area contributed by atoms with Crippen LogP contribution in [-0.2, 0) is 11.3 Å². The predicted octanol–water partition coefficient (Wildman–Crippen LogP) is 2.75.